The van der Waals surface area contributed by atoms with Gasteiger partial charge in [-0.2, -0.15) is 5.10 Å². The van der Waals surface area contributed by atoms with Gasteiger partial charge in [0.05, 0.1) is 11.4 Å². The average molecular weight is 197 g/mol. The van der Waals surface area contributed by atoms with Gasteiger partial charge in [-0.15, -0.1) is 12.4 Å². The van der Waals surface area contributed by atoms with E-state index >= 15 is 0 Å². The normalized spacial score (nSPS) is 9.23. The molecule has 0 bridgehead atoms. The van der Waals surface area contributed by atoms with E-state index in [1.54, 1.807) is 11.0 Å². The molecule has 68 valence electrons. The van der Waals surface area contributed by atoms with Gasteiger partial charge in [-0.05, 0) is 12.1 Å². The lowest BCUT2D eigenvalue weighted by molar-refractivity contribution is 0.881. The minimum atomic E-state index is 0. The van der Waals surface area contributed by atoms with Gasteiger partial charge < -0.3 is 5.73 Å². The van der Waals surface area contributed by atoms with Crippen molar-refractivity contribution in [3.05, 3.63) is 36.9 Å². The lowest BCUT2D eigenvalue weighted by atomic mass is 10.3. The molecule has 0 spiro atoms. The molecular weight excluding hydrogens is 188 g/mol. The quantitative estimate of drug-likeness (QED) is 0.699. The van der Waals surface area contributed by atoms with E-state index in [1.807, 2.05) is 24.3 Å². The van der Waals surface area contributed by atoms with Crippen molar-refractivity contribution in [1.82, 2.24) is 14.8 Å². The zero-order chi connectivity index (χ0) is 8.39. The van der Waals surface area contributed by atoms with Crippen molar-refractivity contribution in [2.75, 3.05) is 5.73 Å². The molecule has 5 heteroatoms. The van der Waals surface area contributed by atoms with Crippen molar-refractivity contribution in [2.24, 2.45) is 0 Å². The van der Waals surface area contributed by atoms with Crippen LogP contribution in [0.4, 0.5) is 5.69 Å². The fourth-order valence-electron chi connectivity index (χ4n) is 1.03. The fourth-order valence-corrected chi connectivity index (χ4v) is 1.03. The molecule has 0 radical (unpaired) electrons. The van der Waals surface area contributed by atoms with Gasteiger partial charge in [0.1, 0.15) is 12.7 Å². The monoisotopic (exact) mass is 196 g/mol. The summed E-state index contributed by atoms with van der Waals surface area (Å²) in [5.41, 5.74) is 7.28. The fraction of sp³-hybridized carbons (Fsp3) is 0. The van der Waals surface area contributed by atoms with Crippen LogP contribution in [0.2, 0.25) is 0 Å². The Kier molecular flexibility index (Phi) is 2.87. The first kappa shape index (κ1) is 9.54. The third kappa shape index (κ3) is 1.78. The summed E-state index contributed by atoms with van der Waals surface area (Å²) in [6.07, 6.45) is 3.10. The summed E-state index contributed by atoms with van der Waals surface area (Å²) < 4.78 is 1.63. The van der Waals surface area contributed by atoms with Crippen molar-refractivity contribution in [1.29, 1.82) is 0 Å². The molecule has 1 heterocycles. The van der Waals surface area contributed by atoms with E-state index in [0.717, 1.165) is 5.69 Å². The zero-order valence-electron chi connectivity index (χ0n) is 6.79. The second-order valence-electron chi connectivity index (χ2n) is 2.40. The van der Waals surface area contributed by atoms with Crippen molar-refractivity contribution in [3.8, 4) is 5.69 Å². The van der Waals surface area contributed by atoms with Crippen LogP contribution in [-0.4, -0.2) is 14.8 Å². The Bertz CT molecular complexity index is 371. The zero-order valence-corrected chi connectivity index (χ0v) is 7.61. The number of aromatic nitrogens is 3. The number of anilines is 1. The van der Waals surface area contributed by atoms with Crippen LogP contribution in [0.5, 0.6) is 0 Å². The van der Waals surface area contributed by atoms with Gasteiger partial charge in [0.25, 0.3) is 0 Å². The van der Waals surface area contributed by atoms with Gasteiger partial charge in [-0.1, -0.05) is 12.1 Å². The maximum absolute atomic E-state index is 5.72. The average Bonchev–Trinajstić information content (AvgIpc) is 2.57. The molecule has 4 nitrogen and oxygen atoms in total. The molecular formula is C8H9ClN4. The number of halogens is 1. The minimum Gasteiger partial charge on any atom is -0.397 e. The summed E-state index contributed by atoms with van der Waals surface area (Å²) in [6, 6.07) is 7.52. The van der Waals surface area contributed by atoms with Crippen LogP contribution in [0.15, 0.2) is 36.9 Å². The molecule has 0 aliphatic rings. The lowest BCUT2D eigenvalue weighted by Crippen LogP contribution is -1.99. The molecule has 0 saturated carbocycles. The highest BCUT2D eigenvalue weighted by molar-refractivity contribution is 5.85. The predicted octanol–water partition coefficient (Wildman–Crippen LogP) is 1.27. The molecule has 1 aromatic heterocycles. The van der Waals surface area contributed by atoms with Crippen LogP contribution in [-0.2, 0) is 0 Å². The molecule has 0 fully saturated rings. The summed E-state index contributed by atoms with van der Waals surface area (Å²) in [5, 5.41) is 3.97. The van der Waals surface area contributed by atoms with Gasteiger partial charge >= 0.3 is 0 Å². The predicted molar refractivity (Wildman–Crippen MR) is 53.0 cm³/mol. The number of para-hydroxylation sites is 2. The second-order valence-corrected chi connectivity index (χ2v) is 2.40. The van der Waals surface area contributed by atoms with Crippen molar-refractivity contribution in [2.45, 2.75) is 0 Å². The SMILES string of the molecule is Cl.Nc1ccccc1-n1cncn1. The molecule has 0 atom stereocenters. The summed E-state index contributed by atoms with van der Waals surface area (Å²) >= 11 is 0. The van der Waals surface area contributed by atoms with Crippen molar-refractivity contribution < 1.29 is 0 Å². The molecule has 2 aromatic rings. The topological polar surface area (TPSA) is 56.7 Å². The summed E-state index contributed by atoms with van der Waals surface area (Å²) in [6.45, 7) is 0. The number of rotatable bonds is 1. The highest BCUT2D eigenvalue weighted by Crippen LogP contribution is 2.13. The van der Waals surface area contributed by atoms with Crippen LogP contribution in [0, 0.1) is 0 Å². The molecule has 1 aromatic carbocycles. The molecule has 0 unspecified atom stereocenters. The lowest BCUT2D eigenvalue weighted by Gasteiger charge is -2.02. The van der Waals surface area contributed by atoms with E-state index in [0.29, 0.717) is 5.69 Å². The Morgan fingerprint density at radius 3 is 2.62 bits per heavy atom. The Hall–Kier alpha value is -1.55. The Morgan fingerprint density at radius 2 is 2.00 bits per heavy atom. The standard InChI is InChI=1S/C8H8N4.ClH/c9-7-3-1-2-4-8(7)12-6-10-5-11-12;/h1-6H,9H2;1H. The van der Waals surface area contributed by atoms with Crippen molar-refractivity contribution in [3.63, 3.8) is 0 Å². The van der Waals surface area contributed by atoms with Gasteiger partial charge in [0.2, 0.25) is 0 Å². The molecule has 0 aliphatic heterocycles. The first-order valence-corrected chi connectivity index (χ1v) is 3.57. The second kappa shape index (κ2) is 3.91. The molecule has 0 saturated heterocycles. The smallest absolute Gasteiger partial charge is 0.138 e. The molecule has 2 rings (SSSR count). The first-order chi connectivity index (χ1) is 5.88. The van der Waals surface area contributed by atoms with Crippen LogP contribution >= 0.6 is 12.4 Å². The Morgan fingerprint density at radius 1 is 1.23 bits per heavy atom. The van der Waals surface area contributed by atoms with E-state index in [4.69, 9.17) is 5.73 Å². The van der Waals surface area contributed by atoms with Gasteiger partial charge in [-0.3, -0.25) is 0 Å². The number of benzene rings is 1. The number of hydrogen-bond donors (Lipinski definition) is 1. The third-order valence-electron chi connectivity index (χ3n) is 1.60. The van der Waals surface area contributed by atoms with Gasteiger partial charge in [0, 0.05) is 0 Å². The Balaban J connectivity index is 0.000000845. The number of nitrogens with zero attached hydrogens (tertiary/aromatic N) is 3. The molecule has 2 N–H and O–H groups in total. The van der Waals surface area contributed by atoms with Crippen LogP contribution in [0.1, 0.15) is 0 Å². The van der Waals surface area contributed by atoms with E-state index in [2.05, 4.69) is 10.1 Å². The highest BCUT2D eigenvalue weighted by Gasteiger charge is 1.98. The summed E-state index contributed by atoms with van der Waals surface area (Å²) in [7, 11) is 0. The molecule has 13 heavy (non-hydrogen) atoms. The maximum Gasteiger partial charge on any atom is 0.138 e. The largest absolute Gasteiger partial charge is 0.397 e. The maximum atomic E-state index is 5.72. The summed E-state index contributed by atoms with van der Waals surface area (Å²) in [5.74, 6) is 0. The number of nitrogens with two attached hydrogens (primary N) is 1. The van der Waals surface area contributed by atoms with Gasteiger partial charge in [-0.25, -0.2) is 9.67 Å². The van der Waals surface area contributed by atoms with Crippen LogP contribution < -0.4 is 5.73 Å². The van der Waals surface area contributed by atoms with Crippen molar-refractivity contribution >= 4 is 18.1 Å². The van der Waals surface area contributed by atoms with Gasteiger partial charge in [0.15, 0.2) is 0 Å². The molecule has 0 amide bonds. The molecule has 0 aliphatic carbocycles. The number of hydrogen-bond acceptors (Lipinski definition) is 3. The first-order valence-electron chi connectivity index (χ1n) is 3.57. The van der Waals surface area contributed by atoms with Crippen LogP contribution in [0.25, 0.3) is 5.69 Å². The van der Waals surface area contributed by atoms with E-state index in [1.165, 1.54) is 6.33 Å². The van der Waals surface area contributed by atoms with E-state index in [-0.39, 0.29) is 12.4 Å². The third-order valence-corrected chi connectivity index (χ3v) is 1.60. The highest BCUT2D eigenvalue weighted by atomic mass is 35.5. The van der Waals surface area contributed by atoms with Crippen LogP contribution in [0.3, 0.4) is 0 Å². The van der Waals surface area contributed by atoms with E-state index < -0.39 is 0 Å². The van der Waals surface area contributed by atoms with E-state index in [9.17, 15) is 0 Å². The summed E-state index contributed by atoms with van der Waals surface area (Å²) in [4.78, 5) is 3.84. The Labute approximate surface area is 81.8 Å². The minimum absolute atomic E-state index is 0. The number of nitrogen functional groups attached to an aromatic ring is 1.